The van der Waals surface area contributed by atoms with Crippen LogP contribution < -0.4 is 31.2 Å². The van der Waals surface area contributed by atoms with Crippen LogP contribution in [0.25, 0.3) is 32.1 Å². The maximum Gasteiger partial charge on any atom is 0.318 e. The Balaban J connectivity index is 0.000000326. The molecule has 3 aliphatic rings. The molecule has 12 nitrogen and oxygen atoms in total. The van der Waals surface area contributed by atoms with Gasteiger partial charge in [0, 0.05) is 41.8 Å². The molecule has 0 amide bonds. The van der Waals surface area contributed by atoms with Crippen LogP contribution in [0.3, 0.4) is 0 Å². The fourth-order valence-electron chi connectivity index (χ4n) is 6.77. The summed E-state index contributed by atoms with van der Waals surface area (Å²) in [5.74, 6) is -0.560. The number of halogens is 4. The molecule has 0 aliphatic carbocycles. The molecule has 0 bridgehead atoms. The van der Waals surface area contributed by atoms with Crippen molar-refractivity contribution in [2.24, 2.45) is 0 Å². The van der Waals surface area contributed by atoms with Gasteiger partial charge in [-0.15, -0.1) is 11.3 Å². The van der Waals surface area contributed by atoms with E-state index < -0.39 is 17.8 Å². The zero-order valence-corrected chi connectivity index (χ0v) is 31.1. The van der Waals surface area contributed by atoms with E-state index in [1.807, 2.05) is 31.1 Å². The second-order valence-corrected chi connectivity index (χ2v) is 13.7. The van der Waals surface area contributed by atoms with E-state index in [2.05, 4.69) is 31.9 Å². The topological polar surface area (TPSA) is 175 Å². The fourth-order valence-corrected chi connectivity index (χ4v) is 8.05. The van der Waals surface area contributed by atoms with Gasteiger partial charge >= 0.3 is 6.01 Å². The number of aromatic nitrogens is 3. The van der Waals surface area contributed by atoms with Gasteiger partial charge in [0.25, 0.3) is 0 Å². The molecule has 3 aliphatic heterocycles. The molecule has 2 aromatic carbocycles. The van der Waals surface area contributed by atoms with Crippen molar-refractivity contribution in [2.45, 2.75) is 38.0 Å². The molecule has 17 heteroatoms. The minimum absolute atomic E-state index is 0.0352. The average molecular weight is 769 g/mol. The first kappa shape index (κ1) is 39.3. The number of nitrogens with zero attached hydrogens (tertiary/aromatic N) is 6. The van der Waals surface area contributed by atoms with Gasteiger partial charge in [-0.25, -0.2) is 18.2 Å². The van der Waals surface area contributed by atoms with E-state index >= 15 is 4.39 Å². The number of nitrogen functional groups attached to an aromatic ring is 2. The van der Waals surface area contributed by atoms with Crippen molar-refractivity contribution in [2.75, 3.05) is 63.8 Å². The van der Waals surface area contributed by atoms with Crippen molar-refractivity contribution in [1.82, 2.24) is 25.2 Å². The predicted molar refractivity (Wildman–Crippen MR) is 205 cm³/mol. The Morgan fingerprint density at radius 1 is 1.19 bits per heavy atom. The number of thiophene rings is 1. The maximum atomic E-state index is 16.5. The third kappa shape index (κ3) is 7.74. The number of ether oxygens (including phenoxy) is 2. The fraction of sp³-hybridized carbons (Fsp3) is 0.361. The number of nitrogens with two attached hydrogens (primary N) is 2. The van der Waals surface area contributed by atoms with Gasteiger partial charge in [0.1, 0.15) is 46.8 Å². The molecule has 5 aromatic rings. The number of nitriles is 1. The Morgan fingerprint density at radius 3 is 2.62 bits per heavy atom. The van der Waals surface area contributed by atoms with E-state index in [1.165, 1.54) is 32.1 Å². The molecule has 6 N–H and O–H groups in total. The summed E-state index contributed by atoms with van der Waals surface area (Å²) in [5.41, 5.74) is 12.8. The van der Waals surface area contributed by atoms with Crippen LogP contribution in [-0.2, 0) is 6.54 Å². The number of hydrogen-bond acceptors (Lipinski definition) is 13. The molecule has 2 atom stereocenters. The molecule has 2 saturated heterocycles. The van der Waals surface area contributed by atoms with Crippen LogP contribution in [0.1, 0.15) is 30.4 Å². The molecule has 6 heterocycles. The van der Waals surface area contributed by atoms with Crippen molar-refractivity contribution in [3.05, 3.63) is 58.2 Å². The lowest BCUT2D eigenvalue weighted by atomic mass is 9.96. The van der Waals surface area contributed by atoms with E-state index in [0.717, 1.165) is 29.9 Å². The van der Waals surface area contributed by atoms with Crippen molar-refractivity contribution in [3.63, 3.8) is 0 Å². The third-order valence-corrected chi connectivity index (χ3v) is 10.4. The van der Waals surface area contributed by atoms with Gasteiger partial charge in [0.2, 0.25) is 0 Å². The van der Waals surface area contributed by atoms with Crippen LogP contribution in [0.4, 0.5) is 29.8 Å². The Morgan fingerprint density at radius 2 is 1.94 bits per heavy atom. The lowest BCUT2D eigenvalue weighted by molar-refractivity contribution is 0.292. The first-order valence-corrected chi connectivity index (χ1v) is 17.9. The summed E-state index contributed by atoms with van der Waals surface area (Å²) in [7, 11) is 5.12. The highest BCUT2D eigenvalue weighted by molar-refractivity contribution is 7.23. The second kappa shape index (κ2) is 17.3. The Kier molecular flexibility index (Phi) is 12.8. The van der Waals surface area contributed by atoms with Gasteiger partial charge in [0.05, 0.1) is 34.3 Å². The lowest BCUT2D eigenvalue weighted by Gasteiger charge is -2.23. The summed E-state index contributed by atoms with van der Waals surface area (Å²) in [6.45, 7) is 5.19. The van der Waals surface area contributed by atoms with Gasteiger partial charge in [0.15, 0.2) is 11.6 Å². The van der Waals surface area contributed by atoms with Gasteiger partial charge in [-0.05, 0) is 64.3 Å². The van der Waals surface area contributed by atoms with Crippen molar-refractivity contribution in [3.8, 4) is 29.0 Å². The SMILES string of the molecule is C=N.CNC.COc1nc2c3c(c(Cl)c(-c4ccc(F)c5sc(N)c(C#N)c45)c(F)c3n1)OCCN2Cc1cccnc1N.FC1CC2CCCN2C1. The molecule has 2 unspecified atom stereocenters. The number of pyridine rings is 1. The molecule has 0 spiro atoms. The second-order valence-electron chi connectivity index (χ2n) is 12.3. The number of alkyl halides is 1. The molecule has 3 aromatic heterocycles. The predicted octanol–water partition coefficient (Wildman–Crippen LogP) is 6.58. The highest BCUT2D eigenvalue weighted by Crippen LogP contribution is 2.50. The number of benzene rings is 2. The molecule has 0 saturated carbocycles. The van der Waals surface area contributed by atoms with E-state index in [4.69, 9.17) is 38.0 Å². The number of fused-ring (bicyclic) bond motifs is 2. The summed E-state index contributed by atoms with van der Waals surface area (Å²) < 4.78 is 55.4. The van der Waals surface area contributed by atoms with Crippen LogP contribution in [0.15, 0.2) is 30.5 Å². The van der Waals surface area contributed by atoms with Crippen LogP contribution in [0.2, 0.25) is 5.02 Å². The molecule has 2 fully saturated rings. The maximum absolute atomic E-state index is 16.5. The number of nitrogens with one attached hydrogen (secondary N) is 2. The molecule has 8 rings (SSSR count). The standard InChI is InChI=1S/C26H18ClF2N7O2S.C7H12FN.C2H7N.CH3N/c1-37-26-34-20-17-21(38-8-7-36(25(17)35-26)10-11-3-2-6-33-23(11)31)18(27)16(19(20)29)12-4-5-14(28)22-15(12)13(9-30)24(32)39-22;8-6-4-7-2-1-3-9(7)5-6;1-3-2;1-2/h2-6H,7-8,10,32H2,1H3,(H2,31,33);6-7H,1-5H2;3H,1-2H3;2H,1H2. The van der Waals surface area contributed by atoms with Crippen molar-refractivity contribution < 1.29 is 22.6 Å². The van der Waals surface area contributed by atoms with E-state index in [0.29, 0.717) is 37.3 Å². The molecular formula is C36H40ClF3N10O2S. The minimum Gasteiger partial charge on any atom is -0.489 e. The largest absolute Gasteiger partial charge is 0.489 e. The Hall–Kier alpha value is -4.95. The first-order valence-electron chi connectivity index (χ1n) is 16.7. The summed E-state index contributed by atoms with van der Waals surface area (Å²) in [6, 6.07) is 8.67. The van der Waals surface area contributed by atoms with Crippen LogP contribution in [-0.4, -0.2) is 86.2 Å². The summed E-state index contributed by atoms with van der Waals surface area (Å²) in [6.07, 6.45) is 4.40. The zero-order chi connectivity index (χ0) is 38.4. The Labute approximate surface area is 314 Å². The van der Waals surface area contributed by atoms with E-state index in [9.17, 15) is 14.0 Å². The third-order valence-electron chi connectivity index (χ3n) is 8.98. The summed E-state index contributed by atoms with van der Waals surface area (Å²) in [4.78, 5) is 17.1. The summed E-state index contributed by atoms with van der Waals surface area (Å²) in [5, 5.41) is 18.4. The number of hydrogen-bond donors (Lipinski definition) is 4. The molecule has 280 valence electrons. The minimum atomic E-state index is -0.811. The first-order chi connectivity index (χ1) is 25.6. The van der Waals surface area contributed by atoms with Crippen LogP contribution >= 0.6 is 22.9 Å². The van der Waals surface area contributed by atoms with E-state index in [1.54, 1.807) is 12.3 Å². The highest BCUT2D eigenvalue weighted by atomic mass is 35.5. The van der Waals surface area contributed by atoms with Crippen LogP contribution in [0, 0.1) is 28.4 Å². The zero-order valence-electron chi connectivity index (χ0n) is 29.5. The smallest absolute Gasteiger partial charge is 0.318 e. The summed E-state index contributed by atoms with van der Waals surface area (Å²) >= 11 is 7.76. The van der Waals surface area contributed by atoms with E-state index in [-0.39, 0.29) is 66.1 Å². The molecular weight excluding hydrogens is 729 g/mol. The lowest BCUT2D eigenvalue weighted by Crippen LogP contribution is -2.28. The van der Waals surface area contributed by atoms with Gasteiger partial charge < -0.3 is 36.6 Å². The quantitative estimate of drug-likeness (QED) is 0.146. The van der Waals surface area contributed by atoms with Gasteiger partial charge in [-0.2, -0.15) is 15.2 Å². The number of rotatable bonds is 4. The van der Waals surface area contributed by atoms with Crippen molar-refractivity contribution >= 4 is 67.3 Å². The Bertz CT molecular complexity index is 2140. The average Bonchev–Trinajstić information content (AvgIpc) is 3.81. The molecule has 53 heavy (non-hydrogen) atoms. The normalized spacial score (nSPS) is 17.3. The number of anilines is 3. The van der Waals surface area contributed by atoms with Gasteiger partial charge in [-0.1, -0.05) is 23.7 Å². The molecule has 0 radical (unpaired) electrons. The van der Waals surface area contributed by atoms with Crippen molar-refractivity contribution in [1.29, 1.82) is 10.7 Å². The van der Waals surface area contributed by atoms with Gasteiger partial charge in [-0.3, -0.25) is 4.90 Å². The highest BCUT2D eigenvalue weighted by Gasteiger charge is 2.35. The van der Waals surface area contributed by atoms with Crippen LogP contribution in [0.5, 0.6) is 11.8 Å². The number of methoxy groups -OCH3 is 1. The monoisotopic (exact) mass is 768 g/mol.